The number of nitrogens with zero attached hydrogens (tertiary/aromatic N) is 3. The average molecular weight is 413 g/mol. The van der Waals surface area contributed by atoms with Crippen molar-refractivity contribution >= 4 is 22.8 Å². The summed E-state index contributed by atoms with van der Waals surface area (Å²) in [4.78, 5) is 21.9. The van der Waals surface area contributed by atoms with Crippen molar-refractivity contribution in [3.05, 3.63) is 89.4 Å². The fraction of sp³-hybridized carbons (Fsp3) is 0.269. The smallest absolute Gasteiger partial charge is 0.224 e. The zero-order valence-corrected chi connectivity index (χ0v) is 18.1. The molecule has 4 rings (SSSR count). The van der Waals surface area contributed by atoms with Gasteiger partial charge in [-0.1, -0.05) is 55.0 Å². The van der Waals surface area contributed by atoms with Crippen molar-refractivity contribution in [1.82, 2.24) is 14.5 Å². The number of pyridine rings is 1. The van der Waals surface area contributed by atoms with Crippen LogP contribution in [0.4, 0.5) is 5.69 Å². The number of imidazole rings is 1. The standard InChI is InChI=1S/C26H28N4O/c1-3-21-8-4-5-9-22(21)29-25(31)12-6-11-24-28-23-10-7-17-27-26(23)30(24)18-20-15-13-19(2)14-16-20/h4-5,7-10,13-17H,3,6,11-12,18H2,1-2H3,(H,29,31). The number of rotatable bonds is 8. The minimum atomic E-state index is 0.0419. The number of benzene rings is 2. The first kappa shape index (κ1) is 20.8. The SMILES string of the molecule is CCc1ccccc1NC(=O)CCCc1nc2cccnc2n1Cc1ccc(C)cc1. The number of aryl methyl sites for hydroxylation is 3. The Balaban J connectivity index is 1.45. The predicted octanol–water partition coefficient (Wildman–Crippen LogP) is 5.31. The topological polar surface area (TPSA) is 59.8 Å². The molecule has 0 aliphatic carbocycles. The average Bonchev–Trinajstić information content (AvgIpc) is 3.13. The molecule has 2 heterocycles. The maximum atomic E-state index is 12.5. The van der Waals surface area contributed by atoms with Crippen LogP contribution >= 0.6 is 0 Å². The number of aromatic nitrogens is 3. The second-order valence-electron chi connectivity index (χ2n) is 7.86. The van der Waals surface area contributed by atoms with Crippen LogP contribution in [-0.4, -0.2) is 20.4 Å². The molecule has 0 aliphatic rings. The fourth-order valence-corrected chi connectivity index (χ4v) is 3.81. The molecule has 2 aromatic heterocycles. The third kappa shape index (κ3) is 5.00. The van der Waals surface area contributed by atoms with E-state index in [1.165, 1.54) is 11.1 Å². The van der Waals surface area contributed by atoms with Gasteiger partial charge in [0, 0.05) is 24.7 Å². The normalized spacial score (nSPS) is 11.0. The summed E-state index contributed by atoms with van der Waals surface area (Å²) in [6, 6.07) is 20.4. The van der Waals surface area contributed by atoms with Crippen LogP contribution in [-0.2, 0) is 24.2 Å². The Morgan fingerprint density at radius 3 is 2.65 bits per heavy atom. The van der Waals surface area contributed by atoms with Gasteiger partial charge in [0.05, 0.1) is 6.54 Å². The van der Waals surface area contributed by atoms with Crippen molar-refractivity contribution in [2.75, 3.05) is 5.32 Å². The van der Waals surface area contributed by atoms with E-state index in [1.54, 1.807) is 6.20 Å². The van der Waals surface area contributed by atoms with Crippen molar-refractivity contribution in [2.45, 2.75) is 46.1 Å². The molecule has 0 aliphatic heterocycles. The molecular formula is C26H28N4O. The monoisotopic (exact) mass is 412 g/mol. The second-order valence-corrected chi connectivity index (χ2v) is 7.86. The Hall–Kier alpha value is -3.47. The number of amides is 1. The maximum absolute atomic E-state index is 12.5. The Morgan fingerprint density at radius 2 is 1.84 bits per heavy atom. The summed E-state index contributed by atoms with van der Waals surface area (Å²) < 4.78 is 2.17. The molecule has 1 N–H and O–H groups in total. The molecule has 0 saturated heterocycles. The summed E-state index contributed by atoms with van der Waals surface area (Å²) >= 11 is 0. The van der Waals surface area contributed by atoms with Gasteiger partial charge in [0.1, 0.15) is 11.3 Å². The molecule has 0 saturated carbocycles. The highest BCUT2D eigenvalue weighted by atomic mass is 16.1. The second kappa shape index (κ2) is 9.56. The van der Waals surface area contributed by atoms with Gasteiger partial charge in [-0.25, -0.2) is 9.97 Å². The number of nitrogens with one attached hydrogen (secondary N) is 1. The van der Waals surface area contributed by atoms with E-state index in [-0.39, 0.29) is 5.91 Å². The van der Waals surface area contributed by atoms with Crippen molar-refractivity contribution in [1.29, 1.82) is 0 Å². The lowest BCUT2D eigenvalue weighted by molar-refractivity contribution is -0.116. The molecule has 0 bridgehead atoms. The Morgan fingerprint density at radius 1 is 1.03 bits per heavy atom. The van der Waals surface area contributed by atoms with Gasteiger partial charge in [-0.3, -0.25) is 4.79 Å². The van der Waals surface area contributed by atoms with E-state index in [2.05, 4.69) is 59.0 Å². The van der Waals surface area contributed by atoms with Gasteiger partial charge < -0.3 is 9.88 Å². The Bertz CT molecular complexity index is 1180. The van der Waals surface area contributed by atoms with E-state index >= 15 is 0 Å². The number of hydrogen-bond acceptors (Lipinski definition) is 3. The van der Waals surface area contributed by atoms with Gasteiger partial charge in [0.25, 0.3) is 0 Å². The van der Waals surface area contributed by atoms with E-state index in [9.17, 15) is 4.79 Å². The number of carbonyl (C=O) groups excluding carboxylic acids is 1. The van der Waals surface area contributed by atoms with Gasteiger partial charge in [-0.2, -0.15) is 0 Å². The molecule has 1 amide bonds. The van der Waals surface area contributed by atoms with E-state index in [1.807, 2.05) is 30.3 Å². The van der Waals surface area contributed by atoms with Crippen LogP contribution < -0.4 is 5.32 Å². The lowest BCUT2D eigenvalue weighted by Crippen LogP contribution is -2.13. The number of anilines is 1. The van der Waals surface area contributed by atoms with E-state index in [4.69, 9.17) is 4.98 Å². The third-order valence-electron chi connectivity index (χ3n) is 5.52. The highest BCUT2D eigenvalue weighted by Crippen LogP contribution is 2.19. The van der Waals surface area contributed by atoms with Gasteiger partial charge in [-0.15, -0.1) is 0 Å². The molecule has 158 valence electrons. The molecule has 5 nitrogen and oxygen atoms in total. The number of hydrogen-bond donors (Lipinski definition) is 1. The quantitative estimate of drug-likeness (QED) is 0.426. The third-order valence-corrected chi connectivity index (χ3v) is 5.52. The van der Waals surface area contributed by atoms with E-state index < -0.39 is 0 Å². The summed E-state index contributed by atoms with van der Waals surface area (Å²) in [7, 11) is 0. The molecule has 0 spiro atoms. The van der Waals surface area contributed by atoms with Crippen molar-refractivity contribution < 1.29 is 4.79 Å². The van der Waals surface area contributed by atoms with Crippen LogP contribution in [0.2, 0.25) is 0 Å². The lowest BCUT2D eigenvalue weighted by Gasteiger charge is -2.11. The van der Waals surface area contributed by atoms with E-state index in [0.29, 0.717) is 6.42 Å². The van der Waals surface area contributed by atoms with E-state index in [0.717, 1.165) is 54.0 Å². The van der Waals surface area contributed by atoms with Gasteiger partial charge in [0.2, 0.25) is 5.91 Å². The van der Waals surface area contributed by atoms with Crippen LogP contribution in [0.3, 0.4) is 0 Å². The molecular weight excluding hydrogens is 384 g/mol. The van der Waals surface area contributed by atoms with Crippen LogP contribution in [0.1, 0.15) is 42.3 Å². The predicted molar refractivity (Wildman–Crippen MR) is 125 cm³/mol. The fourth-order valence-electron chi connectivity index (χ4n) is 3.81. The number of carbonyl (C=O) groups is 1. The highest BCUT2D eigenvalue weighted by Gasteiger charge is 2.13. The summed E-state index contributed by atoms with van der Waals surface area (Å²) in [5.74, 6) is 1.01. The Kier molecular flexibility index (Phi) is 6.41. The molecule has 0 atom stereocenters. The molecule has 4 aromatic rings. The molecule has 31 heavy (non-hydrogen) atoms. The number of fused-ring (bicyclic) bond motifs is 1. The summed E-state index contributed by atoms with van der Waals surface area (Å²) in [5, 5.41) is 3.06. The lowest BCUT2D eigenvalue weighted by atomic mass is 10.1. The first-order valence-electron chi connectivity index (χ1n) is 10.9. The minimum absolute atomic E-state index is 0.0419. The first-order chi connectivity index (χ1) is 15.1. The van der Waals surface area contributed by atoms with Gasteiger partial charge >= 0.3 is 0 Å². The zero-order chi connectivity index (χ0) is 21.6. The molecule has 5 heteroatoms. The molecule has 0 fully saturated rings. The van der Waals surface area contributed by atoms with Crippen molar-refractivity contribution in [3.63, 3.8) is 0 Å². The summed E-state index contributed by atoms with van der Waals surface area (Å²) in [6.07, 6.45) is 4.62. The highest BCUT2D eigenvalue weighted by molar-refractivity contribution is 5.91. The van der Waals surface area contributed by atoms with Gasteiger partial charge in [0.15, 0.2) is 5.65 Å². The van der Waals surface area contributed by atoms with Crippen LogP contribution in [0.15, 0.2) is 66.9 Å². The van der Waals surface area contributed by atoms with Crippen molar-refractivity contribution in [2.24, 2.45) is 0 Å². The van der Waals surface area contributed by atoms with Crippen LogP contribution in [0.5, 0.6) is 0 Å². The molecule has 0 radical (unpaired) electrons. The first-order valence-corrected chi connectivity index (χ1v) is 10.9. The Labute approximate surface area is 183 Å². The maximum Gasteiger partial charge on any atom is 0.224 e. The van der Waals surface area contributed by atoms with Crippen molar-refractivity contribution in [3.8, 4) is 0 Å². The molecule has 2 aromatic carbocycles. The largest absolute Gasteiger partial charge is 0.326 e. The zero-order valence-electron chi connectivity index (χ0n) is 18.1. The van der Waals surface area contributed by atoms with Crippen LogP contribution in [0, 0.1) is 6.92 Å². The summed E-state index contributed by atoms with van der Waals surface area (Å²) in [6.45, 7) is 4.91. The van der Waals surface area contributed by atoms with Gasteiger partial charge in [-0.05, 0) is 49.1 Å². The summed E-state index contributed by atoms with van der Waals surface area (Å²) in [5.41, 5.74) is 6.30. The number of para-hydroxylation sites is 1. The minimum Gasteiger partial charge on any atom is -0.326 e. The molecule has 0 unspecified atom stereocenters. The van der Waals surface area contributed by atoms with Crippen LogP contribution in [0.25, 0.3) is 11.2 Å².